The minimum atomic E-state index is -1.00. The number of ether oxygens (including phenoxy) is 2. The first-order valence-electron chi connectivity index (χ1n) is 4.82. The SMILES string of the molecule is COC(=O)C(C(=O)OC)c1ccc(C)cc1. The largest absolute Gasteiger partial charge is 0.468 e. The van der Waals surface area contributed by atoms with E-state index in [1.807, 2.05) is 19.1 Å². The van der Waals surface area contributed by atoms with Crippen molar-refractivity contribution in [3.8, 4) is 0 Å². The van der Waals surface area contributed by atoms with Gasteiger partial charge in [0.05, 0.1) is 14.2 Å². The molecule has 0 spiro atoms. The average molecular weight is 222 g/mol. The highest BCUT2D eigenvalue weighted by Crippen LogP contribution is 2.19. The van der Waals surface area contributed by atoms with Gasteiger partial charge in [0.2, 0.25) is 0 Å². The number of esters is 2. The molecule has 86 valence electrons. The van der Waals surface area contributed by atoms with Crippen LogP contribution in [0.15, 0.2) is 24.3 Å². The summed E-state index contributed by atoms with van der Waals surface area (Å²) in [7, 11) is 2.49. The second-order valence-corrected chi connectivity index (χ2v) is 3.39. The van der Waals surface area contributed by atoms with Gasteiger partial charge < -0.3 is 9.47 Å². The standard InChI is InChI=1S/C12H14O4/c1-8-4-6-9(7-5-8)10(11(13)15-2)12(14)16-3/h4-7,10H,1-3H3. The van der Waals surface area contributed by atoms with Crippen LogP contribution in [0.3, 0.4) is 0 Å². The molecule has 1 rings (SSSR count). The van der Waals surface area contributed by atoms with Gasteiger partial charge in [-0.25, -0.2) is 0 Å². The van der Waals surface area contributed by atoms with Gasteiger partial charge in [0.25, 0.3) is 0 Å². The van der Waals surface area contributed by atoms with Crippen LogP contribution in [0.5, 0.6) is 0 Å². The Morgan fingerprint density at radius 1 is 1.00 bits per heavy atom. The normalized spacial score (nSPS) is 10.0. The Hall–Kier alpha value is -1.84. The number of hydrogen-bond acceptors (Lipinski definition) is 4. The molecule has 0 amide bonds. The summed E-state index contributed by atoms with van der Waals surface area (Å²) in [5.41, 5.74) is 1.63. The molecule has 4 nitrogen and oxygen atoms in total. The first-order chi connectivity index (χ1) is 7.60. The monoisotopic (exact) mass is 222 g/mol. The maximum absolute atomic E-state index is 11.5. The minimum Gasteiger partial charge on any atom is -0.468 e. The first kappa shape index (κ1) is 12.2. The van der Waals surface area contributed by atoms with E-state index in [0.717, 1.165) is 5.56 Å². The lowest BCUT2D eigenvalue weighted by molar-refractivity contribution is -0.154. The second-order valence-electron chi connectivity index (χ2n) is 3.39. The molecule has 0 saturated heterocycles. The van der Waals surface area contributed by atoms with Crippen molar-refractivity contribution < 1.29 is 19.1 Å². The first-order valence-corrected chi connectivity index (χ1v) is 4.82. The summed E-state index contributed by atoms with van der Waals surface area (Å²) in [6, 6.07) is 7.09. The lowest BCUT2D eigenvalue weighted by Gasteiger charge is -2.12. The maximum atomic E-state index is 11.5. The third kappa shape index (κ3) is 2.59. The fraction of sp³-hybridized carbons (Fsp3) is 0.333. The van der Waals surface area contributed by atoms with Crippen molar-refractivity contribution in [2.75, 3.05) is 14.2 Å². The van der Waals surface area contributed by atoms with Gasteiger partial charge in [0, 0.05) is 0 Å². The van der Waals surface area contributed by atoms with E-state index in [4.69, 9.17) is 0 Å². The molecule has 0 radical (unpaired) electrons. The quantitative estimate of drug-likeness (QED) is 0.573. The second kappa shape index (κ2) is 5.30. The predicted molar refractivity (Wildman–Crippen MR) is 58.0 cm³/mol. The molecule has 0 aliphatic rings. The van der Waals surface area contributed by atoms with Crippen molar-refractivity contribution in [2.45, 2.75) is 12.8 Å². The Morgan fingerprint density at radius 3 is 1.81 bits per heavy atom. The molecule has 1 aromatic rings. The van der Waals surface area contributed by atoms with Crippen LogP contribution >= 0.6 is 0 Å². The lowest BCUT2D eigenvalue weighted by Crippen LogP contribution is -2.24. The third-order valence-electron chi connectivity index (χ3n) is 2.28. The molecule has 0 aromatic heterocycles. The fourth-order valence-electron chi connectivity index (χ4n) is 1.36. The number of aryl methyl sites for hydroxylation is 1. The summed E-state index contributed by atoms with van der Waals surface area (Å²) < 4.78 is 9.16. The summed E-state index contributed by atoms with van der Waals surface area (Å²) in [6.45, 7) is 1.93. The van der Waals surface area contributed by atoms with Crippen molar-refractivity contribution in [1.82, 2.24) is 0 Å². The Bertz CT molecular complexity index is 365. The maximum Gasteiger partial charge on any atom is 0.324 e. The molecule has 0 unspecified atom stereocenters. The molecular weight excluding hydrogens is 208 g/mol. The Morgan fingerprint density at radius 2 is 1.44 bits per heavy atom. The minimum absolute atomic E-state index is 0.573. The number of rotatable bonds is 3. The predicted octanol–water partition coefficient (Wildman–Crippen LogP) is 1.42. The van der Waals surface area contributed by atoms with Crippen molar-refractivity contribution in [3.63, 3.8) is 0 Å². The lowest BCUT2D eigenvalue weighted by atomic mass is 9.98. The van der Waals surface area contributed by atoms with Gasteiger partial charge in [0.1, 0.15) is 0 Å². The van der Waals surface area contributed by atoms with Gasteiger partial charge in [-0.2, -0.15) is 0 Å². The van der Waals surface area contributed by atoms with Gasteiger partial charge in [-0.3, -0.25) is 9.59 Å². The van der Waals surface area contributed by atoms with Gasteiger partial charge in [0.15, 0.2) is 5.92 Å². The molecule has 0 N–H and O–H groups in total. The number of carbonyl (C=O) groups excluding carboxylic acids is 2. The van der Waals surface area contributed by atoms with E-state index in [2.05, 4.69) is 9.47 Å². The summed E-state index contributed by atoms with van der Waals surface area (Å²) in [5, 5.41) is 0. The number of benzene rings is 1. The summed E-state index contributed by atoms with van der Waals surface area (Å²) in [5.74, 6) is -2.23. The summed E-state index contributed by atoms with van der Waals surface area (Å²) in [4.78, 5) is 22.9. The topological polar surface area (TPSA) is 52.6 Å². The zero-order valence-corrected chi connectivity index (χ0v) is 9.52. The van der Waals surface area contributed by atoms with E-state index < -0.39 is 17.9 Å². The molecule has 0 aliphatic heterocycles. The molecule has 1 aromatic carbocycles. The number of methoxy groups -OCH3 is 2. The van der Waals surface area contributed by atoms with Gasteiger partial charge in [-0.1, -0.05) is 29.8 Å². The van der Waals surface area contributed by atoms with Crippen LogP contribution in [0.2, 0.25) is 0 Å². The molecule has 0 heterocycles. The van der Waals surface area contributed by atoms with Crippen LogP contribution in [-0.4, -0.2) is 26.2 Å². The van der Waals surface area contributed by atoms with Crippen LogP contribution in [0, 0.1) is 6.92 Å². The molecule has 0 fully saturated rings. The molecular formula is C12H14O4. The van der Waals surface area contributed by atoms with Crippen LogP contribution in [0.1, 0.15) is 17.0 Å². The molecule has 4 heteroatoms. The van der Waals surface area contributed by atoms with Crippen molar-refractivity contribution >= 4 is 11.9 Å². The van der Waals surface area contributed by atoms with E-state index in [1.54, 1.807) is 12.1 Å². The summed E-state index contributed by atoms with van der Waals surface area (Å²) in [6.07, 6.45) is 0. The highest BCUT2D eigenvalue weighted by atomic mass is 16.5. The Labute approximate surface area is 94.2 Å². The smallest absolute Gasteiger partial charge is 0.324 e. The fourth-order valence-corrected chi connectivity index (χ4v) is 1.36. The summed E-state index contributed by atoms with van der Waals surface area (Å²) >= 11 is 0. The van der Waals surface area contributed by atoms with E-state index in [1.165, 1.54) is 14.2 Å². The Balaban J connectivity index is 3.06. The van der Waals surface area contributed by atoms with Crippen LogP contribution in [0.25, 0.3) is 0 Å². The Kier molecular flexibility index (Phi) is 4.05. The highest BCUT2D eigenvalue weighted by molar-refractivity contribution is 6.00. The van der Waals surface area contributed by atoms with E-state index in [-0.39, 0.29) is 0 Å². The van der Waals surface area contributed by atoms with Crippen LogP contribution in [0.4, 0.5) is 0 Å². The zero-order chi connectivity index (χ0) is 12.1. The van der Waals surface area contributed by atoms with E-state index in [9.17, 15) is 9.59 Å². The molecule has 0 bridgehead atoms. The van der Waals surface area contributed by atoms with Crippen molar-refractivity contribution in [2.24, 2.45) is 0 Å². The third-order valence-corrected chi connectivity index (χ3v) is 2.28. The van der Waals surface area contributed by atoms with Gasteiger partial charge in [-0.15, -0.1) is 0 Å². The van der Waals surface area contributed by atoms with Gasteiger partial charge >= 0.3 is 11.9 Å². The zero-order valence-electron chi connectivity index (χ0n) is 9.52. The number of carbonyl (C=O) groups is 2. The average Bonchev–Trinajstić information content (AvgIpc) is 2.31. The van der Waals surface area contributed by atoms with Crippen LogP contribution in [-0.2, 0) is 19.1 Å². The molecule has 0 atom stereocenters. The molecule has 0 aliphatic carbocycles. The number of hydrogen-bond donors (Lipinski definition) is 0. The van der Waals surface area contributed by atoms with Gasteiger partial charge in [-0.05, 0) is 12.5 Å². The van der Waals surface area contributed by atoms with Crippen molar-refractivity contribution in [3.05, 3.63) is 35.4 Å². The van der Waals surface area contributed by atoms with Crippen LogP contribution < -0.4 is 0 Å². The van der Waals surface area contributed by atoms with E-state index in [0.29, 0.717) is 5.56 Å². The highest BCUT2D eigenvalue weighted by Gasteiger charge is 2.30. The van der Waals surface area contributed by atoms with E-state index >= 15 is 0 Å². The van der Waals surface area contributed by atoms with Crippen molar-refractivity contribution in [1.29, 1.82) is 0 Å². The molecule has 16 heavy (non-hydrogen) atoms. The molecule has 0 saturated carbocycles.